The fraction of sp³-hybridized carbons (Fsp3) is 0.926. The molecule has 1 aliphatic heterocycles. The molecule has 1 heterocycles. The molecule has 1 saturated heterocycles. The molecular formula is C54H92O9. The first kappa shape index (κ1) is 50.9. The summed E-state index contributed by atoms with van der Waals surface area (Å²) in [6, 6.07) is 0. The molecule has 3 unspecified atom stereocenters. The standard InChI is InChI=1S/C54H92O9/c1-9-10-11-12-13-14-15-16-17-18-19-20-21-22-23-24-43(56)63-47-39(35-55)61-48(46(58)45(47)57)62-42-29-30-51(6)40(50(42,4)5)28-31-53(8)41(51)26-25-38-44-37(3)36(2)27-32-54(44,49(59)60)34-33-52(38,53)7/h25,36-37,39-42,44-48,55,57-58H,9-24,26-35H2,1-8H3,(H,59,60)/t36-,37+,39-,40?,41?,42+,44?,45-,46-,47-,48+,51+,52-,53-,54+/m1/s1. The maximum absolute atomic E-state index is 13.1. The fourth-order valence-electron chi connectivity index (χ4n) is 15.4. The van der Waals surface area contributed by atoms with Gasteiger partial charge in [0.2, 0.25) is 0 Å². The van der Waals surface area contributed by atoms with Gasteiger partial charge in [-0.05, 0) is 115 Å². The largest absolute Gasteiger partial charge is 0.481 e. The van der Waals surface area contributed by atoms with Crippen molar-refractivity contribution < 1.29 is 44.2 Å². The highest BCUT2D eigenvalue weighted by atomic mass is 16.7. The van der Waals surface area contributed by atoms with Crippen LogP contribution in [-0.2, 0) is 23.8 Å². The Morgan fingerprint density at radius 3 is 1.94 bits per heavy atom. The summed E-state index contributed by atoms with van der Waals surface area (Å²) >= 11 is 0. The van der Waals surface area contributed by atoms with Gasteiger partial charge >= 0.3 is 11.9 Å². The van der Waals surface area contributed by atoms with Gasteiger partial charge in [0, 0.05) is 6.42 Å². The molecule has 6 rings (SSSR count). The lowest BCUT2D eigenvalue weighted by molar-refractivity contribution is -0.331. The average Bonchev–Trinajstić information content (AvgIpc) is 3.24. The third kappa shape index (κ3) is 9.91. The Labute approximate surface area is 382 Å². The minimum absolute atomic E-state index is 0.0271. The molecular weight excluding hydrogens is 793 g/mol. The summed E-state index contributed by atoms with van der Waals surface area (Å²) < 4.78 is 18.6. The minimum Gasteiger partial charge on any atom is -0.481 e. The number of aliphatic hydroxyl groups excluding tert-OH is 3. The quantitative estimate of drug-likeness (QED) is 0.0383. The van der Waals surface area contributed by atoms with Crippen LogP contribution in [0.2, 0.25) is 0 Å². The molecule has 6 aliphatic rings. The van der Waals surface area contributed by atoms with Crippen molar-refractivity contribution >= 4 is 11.9 Å². The Hall–Kier alpha value is -1.52. The Bertz CT molecular complexity index is 1540. The summed E-state index contributed by atoms with van der Waals surface area (Å²) in [6.07, 6.45) is 23.1. The number of carbonyl (C=O) groups excluding carboxylic acids is 1. The Balaban J connectivity index is 0.993. The molecule has 5 fully saturated rings. The van der Waals surface area contributed by atoms with E-state index in [9.17, 15) is 30.0 Å². The molecule has 4 N–H and O–H groups in total. The van der Waals surface area contributed by atoms with Gasteiger partial charge in [-0.2, -0.15) is 0 Å². The highest BCUT2D eigenvalue weighted by Crippen LogP contribution is 2.76. The van der Waals surface area contributed by atoms with Gasteiger partial charge in [-0.25, -0.2) is 0 Å². The highest BCUT2D eigenvalue weighted by Gasteiger charge is 2.70. The van der Waals surface area contributed by atoms with Crippen LogP contribution >= 0.6 is 0 Å². The average molecular weight is 885 g/mol. The zero-order valence-corrected chi connectivity index (χ0v) is 41.1. The molecule has 5 aliphatic carbocycles. The van der Waals surface area contributed by atoms with Crippen molar-refractivity contribution in [3.8, 4) is 0 Å². The van der Waals surface area contributed by atoms with Crippen molar-refractivity contribution in [3.05, 3.63) is 11.6 Å². The molecule has 15 atom stereocenters. The number of aliphatic carboxylic acids is 1. The van der Waals surface area contributed by atoms with Crippen LogP contribution in [-0.4, -0.2) is 75.8 Å². The Kier molecular flexibility index (Phi) is 17.1. The molecule has 0 bridgehead atoms. The van der Waals surface area contributed by atoms with Gasteiger partial charge in [-0.1, -0.05) is 157 Å². The zero-order chi connectivity index (χ0) is 45.8. The van der Waals surface area contributed by atoms with Gasteiger partial charge < -0.3 is 34.6 Å². The van der Waals surface area contributed by atoms with Crippen molar-refractivity contribution in [2.45, 2.75) is 253 Å². The number of allylic oxidation sites excluding steroid dienone is 2. The van der Waals surface area contributed by atoms with Crippen molar-refractivity contribution in [1.29, 1.82) is 0 Å². The van der Waals surface area contributed by atoms with Gasteiger partial charge in [-0.3, -0.25) is 9.59 Å². The van der Waals surface area contributed by atoms with Gasteiger partial charge in [0.25, 0.3) is 0 Å². The topological polar surface area (TPSA) is 143 Å². The van der Waals surface area contributed by atoms with Crippen molar-refractivity contribution in [1.82, 2.24) is 0 Å². The normalized spacial score (nSPS) is 42.0. The van der Waals surface area contributed by atoms with E-state index in [0.29, 0.717) is 30.1 Å². The zero-order valence-electron chi connectivity index (χ0n) is 41.1. The summed E-state index contributed by atoms with van der Waals surface area (Å²) in [7, 11) is 0. The van der Waals surface area contributed by atoms with Gasteiger partial charge in [0.15, 0.2) is 12.4 Å². The maximum atomic E-state index is 13.1. The molecule has 4 saturated carbocycles. The van der Waals surface area contributed by atoms with Crippen molar-refractivity contribution in [3.63, 3.8) is 0 Å². The first-order valence-electron chi connectivity index (χ1n) is 26.3. The summed E-state index contributed by atoms with van der Waals surface area (Å²) in [5.74, 6) is 0.668. The number of fused-ring (bicyclic) bond motifs is 7. The van der Waals surface area contributed by atoms with Crippen LogP contribution in [0.25, 0.3) is 0 Å². The van der Waals surface area contributed by atoms with E-state index in [1.807, 2.05) is 0 Å². The second-order valence-electron chi connectivity index (χ2n) is 23.5. The third-order valence-electron chi connectivity index (χ3n) is 19.7. The molecule has 0 spiro atoms. The second kappa shape index (κ2) is 21.2. The minimum atomic E-state index is -1.45. The summed E-state index contributed by atoms with van der Waals surface area (Å²) in [5.41, 5.74) is 0.521. The number of aliphatic hydroxyl groups is 3. The van der Waals surface area contributed by atoms with Crippen molar-refractivity contribution in [2.75, 3.05) is 6.61 Å². The number of hydrogen-bond donors (Lipinski definition) is 4. The van der Waals surface area contributed by atoms with Crippen LogP contribution in [0.3, 0.4) is 0 Å². The lowest BCUT2D eigenvalue weighted by Crippen LogP contribution is -2.66. The van der Waals surface area contributed by atoms with E-state index < -0.39 is 54.7 Å². The summed E-state index contributed by atoms with van der Waals surface area (Å²) in [4.78, 5) is 26.1. The number of hydrogen-bond acceptors (Lipinski definition) is 8. The maximum Gasteiger partial charge on any atom is 0.310 e. The molecule has 0 aromatic carbocycles. The number of unbranched alkanes of at least 4 members (excludes halogenated alkanes) is 14. The first-order valence-corrected chi connectivity index (χ1v) is 26.3. The number of carboxylic acid groups (broad SMARTS) is 1. The fourth-order valence-corrected chi connectivity index (χ4v) is 15.4. The molecule has 0 aromatic rings. The molecule has 63 heavy (non-hydrogen) atoms. The Morgan fingerprint density at radius 1 is 0.746 bits per heavy atom. The van der Waals surface area contributed by atoms with Crippen LogP contribution in [0.4, 0.5) is 0 Å². The lowest BCUT2D eigenvalue weighted by atomic mass is 9.33. The van der Waals surface area contributed by atoms with E-state index in [1.54, 1.807) is 0 Å². The second-order valence-corrected chi connectivity index (χ2v) is 23.5. The van der Waals surface area contributed by atoms with Crippen molar-refractivity contribution in [2.24, 2.45) is 56.7 Å². The number of ether oxygens (including phenoxy) is 3. The number of carboxylic acids is 1. The smallest absolute Gasteiger partial charge is 0.310 e. The molecule has 362 valence electrons. The van der Waals surface area contributed by atoms with Crippen LogP contribution in [0.15, 0.2) is 11.6 Å². The lowest BCUT2D eigenvalue weighted by Gasteiger charge is -2.71. The van der Waals surface area contributed by atoms with E-state index in [1.165, 1.54) is 82.6 Å². The number of rotatable bonds is 21. The summed E-state index contributed by atoms with van der Waals surface area (Å²) in [6.45, 7) is 18.5. The van der Waals surface area contributed by atoms with Crippen LogP contribution in [0, 0.1) is 56.7 Å². The van der Waals surface area contributed by atoms with E-state index in [0.717, 1.165) is 70.6 Å². The molecule has 9 heteroatoms. The highest BCUT2D eigenvalue weighted by molar-refractivity contribution is 5.76. The van der Waals surface area contributed by atoms with Gasteiger partial charge in [-0.15, -0.1) is 0 Å². The van der Waals surface area contributed by atoms with E-state index >= 15 is 0 Å². The third-order valence-corrected chi connectivity index (χ3v) is 19.7. The molecule has 9 nitrogen and oxygen atoms in total. The van der Waals surface area contributed by atoms with E-state index in [2.05, 4.69) is 61.5 Å². The summed E-state index contributed by atoms with van der Waals surface area (Å²) in [5, 5.41) is 43.9. The predicted molar refractivity (Wildman–Crippen MR) is 249 cm³/mol. The van der Waals surface area contributed by atoms with Gasteiger partial charge in [0.1, 0.15) is 18.3 Å². The number of esters is 1. The Morgan fingerprint density at radius 2 is 1.35 bits per heavy atom. The molecule has 0 radical (unpaired) electrons. The monoisotopic (exact) mass is 885 g/mol. The van der Waals surface area contributed by atoms with E-state index in [-0.39, 0.29) is 40.1 Å². The van der Waals surface area contributed by atoms with Crippen LogP contribution in [0.1, 0.15) is 216 Å². The van der Waals surface area contributed by atoms with Crippen LogP contribution < -0.4 is 0 Å². The number of carbonyl (C=O) groups is 2. The van der Waals surface area contributed by atoms with Gasteiger partial charge in [0.05, 0.1) is 18.1 Å². The molecule has 0 amide bonds. The molecule has 0 aromatic heterocycles. The first-order chi connectivity index (χ1) is 29.9. The van der Waals surface area contributed by atoms with E-state index in [4.69, 9.17) is 14.2 Å². The van der Waals surface area contributed by atoms with Crippen LogP contribution in [0.5, 0.6) is 0 Å². The predicted octanol–water partition coefficient (Wildman–Crippen LogP) is 11.7. The SMILES string of the molecule is CCCCCCCCCCCCCCCCCC(=O)O[C@H]1[C@H](O)[C@@H](O)[C@H](O[C@H]2CC[C@@]3(C)C(CC[C@]4(C)C3CC=C3C5[C@@H](C)[C@H](C)CC[C@]5(C(=O)O)CC[C@]34C)C2(C)C)O[C@@H]1CO.